The molecule has 0 radical (unpaired) electrons. The van der Waals surface area contributed by atoms with Crippen LogP contribution < -0.4 is 5.73 Å². The smallest absolute Gasteiger partial charge is 0.0869 e. The van der Waals surface area contributed by atoms with Gasteiger partial charge in [0.25, 0.3) is 0 Å². The van der Waals surface area contributed by atoms with Gasteiger partial charge in [0.15, 0.2) is 0 Å². The first kappa shape index (κ1) is 7.92. The van der Waals surface area contributed by atoms with Crippen LogP contribution in [0.5, 0.6) is 0 Å². The Labute approximate surface area is 51.7 Å². The predicted octanol–water partition coefficient (Wildman–Crippen LogP) is -0.430. The summed E-state index contributed by atoms with van der Waals surface area (Å²) in [5.41, 5.74) is 3.77. The van der Waals surface area contributed by atoms with Crippen molar-refractivity contribution in [2.75, 3.05) is 26.7 Å². The van der Waals surface area contributed by atoms with Gasteiger partial charge in [0, 0.05) is 6.54 Å². The molecule has 0 fully saturated rings. The molecule has 0 heterocycles. The third-order valence-electron chi connectivity index (χ3n) is 1.15. The van der Waals surface area contributed by atoms with Crippen LogP contribution in [0.1, 0.15) is 13.3 Å². The standard InChI is InChI=1S/C6H16N2/c1-3-5-8(2)6-4-7/h3-7H2,1-2H3/p+1. The average molecular weight is 117 g/mol. The highest BCUT2D eigenvalue weighted by atomic mass is 15.1. The molecule has 0 amide bonds. The van der Waals surface area contributed by atoms with Crippen LogP contribution in [0, 0.1) is 0 Å². The van der Waals surface area contributed by atoms with Gasteiger partial charge in [0.2, 0.25) is 0 Å². The maximum atomic E-state index is 3.77. The minimum absolute atomic E-state index is 1.02. The van der Waals surface area contributed by atoms with Crippen LogP contribution in [0.25, 0.3) is 0 Å². The topological polar surface area (TPSA) is 30.9 Å². The predicted molar refractivity (Wildman–Crippen MR) is 35.5 cm³/mol. The first-order valence-corrected chi connectivity index (χ1v) is 3.29. The summed E-state index contributed by atoms with van der Waals surface area (Å²) in [5.74, 6) is 0. The number of hydrogen-bond acceptors (Lipinski definition) is 1. The minimum Gasteiger partial charge on any atom is -0.357 e. The lowest BCUT2D eigenvalue weighted by Gasteiger charge is -2.11. The molecule has 0 aliphatic rings. The van der Waals surface area contributed by atoms with Crippen molar-refractivity contribution in [1.82, 2.24) is 4.90 Å². The second kappa shape index (κ2) is 5.06. The fraction of sp³-hybridized carbons (Fsp3) is 1.00. The highest BCUT2D eigenvalue weighted by molar-refractivity contribution is 4.45. The zero-order chi connectivity index (χ0) is 6.41. The summed E-state index contributed by atoms with van der Waals surface area (Å²) in [5, 5.41) is 0. The summed E-state index contributed by atoms with van der Waals surface area (Å²) in [6.45, 7) is 5.56. The lowest BCUT2D eigenvalue weighted by molar-refractivity contribution is -0.368. The summed E-state index contributed by atoms with van der Waals surface area (Å²) in [4.78, 5) is 2.30. The highest BCUT2D eigenvalue weighted by Gasteiger charge is 1.92. The Morgan fingerprint density at radius 2 is 2.00 bits per heavy atom. The van der Waals surface area contributed by atoms with E-state index < -0.39 is 0 Å². The molecule has 3 N–H and O–H groups in total. The quantitative estimate of drug-likeness (QED) is 0.532. The Balaban J connectivity index is 2.92. The molecule has 0 saturated heterocycles. The molecule has 0 aromatic heterocycles. The van der Waals surface area contributed by atoms with Crippen molar-refractivity contribution in [3.05, 3.63) is 0 Å². The van der Waals surface area contributed by atoms with Crippen molar-refractivity contribution in [3.63, 3.8) is 0 Å². The van der Waals surface area contributed by atoms with Crippen molar-refractivity contribution in [2.45, 2.75) is 13.3 Å². The van der Waals surface area contributed by atoms with Crippen LogP contribution in [0.4, 0.5) is 0 Å². The first-order valence-electron chi connectivity index (χ1n) is 3.29. The highest BCUT2D eigenvalue weighted by Crippen LogP contribution is 1.81. The van der Waals surface area contributed by atoms with E-state index in [9.17, 15) is 0 Å². The summed E-state index contributed by atoms with van der Waals surface area (Å²) in [6.07, 6.45) is 1.25. The van der Waals surface area contributed by atoms with Gasteiger partial charge < -0.3 is 10.6 Å². The molecular weight excluding hydrogens is 100 g/mol. The largest absolute Gasteiger partial charge is 0.357 e. The molecule has 0 saturated carbocycles. The molecule has 50 valence electrons. The Bertz CT molecular complexity index is 39.8. The number of quaternary nitrogens is 1. The summed E-state index contributed by atoms with van der Waals surface area (Å²) < 4.78 is 0. The van der Waals surface area contributed by atoms with Crippen LogP contribution in [-0.4, -0.2) is 31.6 Å². The summed E-state index contributed by atoms with van der Waals surface area (Å²) in [7, 11) is 2.13. The van der Waals surface area contributed by atoms with Gasteiger partial charge in [-0.1, -0.05) is 6.92 Å². The van der Waals surface area contributed by atoms with E-state index in [4.69, 9.17) is 0 Å². The van der Waals surface area contributed by atoms with Crippen molar-refractivity contribution >= 4 is 0 Å². The van der Waals surface area contributed by atoms with Crippen LogP contribution in [0.3, 0.4) is 0 Å². The van der Waals surface area contributed by atoms with Crippen LogP contribution in [-0.2, 0) is 0 Å². The molecule has 8 heavy (non-hydrogen) atoms. The third kappa shape index (κ3) is 4.09. The lowest BCUT2D eigenvalue weighted by Crippen LogP contribution is -2.54. The van der Waals surface area contributed by atoms with E-state index >= 15 is 0 Å². The maximum absolute atomic E-state index is 3.77. The second-order valence-corrected chi connectivity index (χ2v) is 2.16. The molecule has 0 aromatic carbocycles. The van der Waals surface area contributed by atoms with Gasteiger partial charge >= 0.3 is 0 Å². The van der Waals surface area contributed by atoms with E-state index in [0.29, 0.717) is 0 Å². The Kier molecular flexibility index (Phi) is 5.01. The summed E-state index contributed by atoms with van der Waals surface area (Å²) >= 11 is 0. The monoisotopic (exact) mass is 117 g/mol. The Hall–Kier alpha value is -0.0800. The zero-order valence-corrected chi connectivity index (χ0v) is 5.98. The normalized spacial score (nSPS) is 10.5. The van der Waals surface area contributed by atoms with Gasteiger partial charge in [0.05, 0.1) is 6.54 Å². The fourth-order valence-electron chi connectivity index (χ4n) is 0.763. The zero-order valence-electron chi connectivity index (χ0n) is 5.98. The van der Waals surface area contributed by atoms with Crippen molar-refractivity contribution < 1.29 is 5.73 Å². The molecule has 0 bridgehead atoms. The molecule has 0 atom stereocenters. The van der Waals surface area contributed by atoms with Gasteiger partial charge in [-0.05, 0) is 20.0 Å². The SMILES string of the molecule is CCCN(C)CC[NH3+]. The van der Waals surface area contributed by atoms with Crippen LogP contribution in [0.15, 0.2) is 0 Å². The van der Waals surface area contributed by atoms with E-state index in [2.05, 4.69) is 24.6 Å². The van der Waals surface area contributed by atoms with Crippen LogP contribution in [0.2, 0.25) is 0 Å². The minimum atomic E-state index is 1.02. The molecule has 2 nitrogen and oxygen atoms in total. The Morgan fingerprint density at radius 1 is 1.38 bits per heavy atom. The molecule has 2 heteroatoms. The number of likely N-dealkylation sites (N-methyl/N-ethyl adjacent to an activating group) is 1. The first-order chi connectivity index (χ1) is 3.81. The van der Waals surface area contributed by atoms with E-state index in [1.165, 1.54) is 13.0 Å². The number of hydrogen-bond donors (Lipinski definition) is 1. The van der Waals surface area contributed by atoms with Gasteiger partial charge in [-0.15, -0.1) is 0 Å². The maximum Gasteiger partial charge on any atom is 0.0869 e. The Morgan fingerprint density at radius 3 is 2.38 bits per heavy atom. The van der Waals surface area contributed by atoms with Gasteiger partial charge in [-0.3, -0.25) is 0 Å². The third-order valence-corrected chi connectivity index (χ3v) is 1.15. The molecule has 0 aliphatic carbocycles. The summed E-state index contributed by atoms with van der Waals surface area (Å²) in [6, 6.07) is 0. The average Bonchev–Trinajstić information content (AvgIpc) is 1.68. The molecule has 0 unspecified atom stereocenters. The van der Waals surface area contributed by atoms with E-state index in [1.54, 1.807) is 0 Å². The molecule has 0 spiro atoms. The molecular formula is C6H17N2+. The second-order valence-electron chi connectivity index (χ2n) is 2.16. The van der Waals surface area contributed by atoms with Gasteiger partial charge in [-0.2, -0.15) is 0 Å². The lowest BCUT2D eigenvalue weighted by atomic mass is 10.4. The number of rotatable bonds is 4. The van der Waals surface area contributed by atoms with E-state index in [0.717, 1.165) is 13.1 Å². The van der Waals surface area contributed by atoms with Crippen LogP contribution >= 0.6 is 0 Å². The molecule has 0 aromatic rings. The van der Waals surface area contributed by atoms with Crippen molar-refractivity contribution in [2.24, 2.45) is 0 Å². The van der Waals surface area contributed by atoms with Crippen molar-refractivity contribution in [1.29, 1.82) is 0 Å². The number of nitrogens with zero attached hydrogens (tertiary/aromatic N) is 1. The molecule has 0 rings (SSSR count). The van der Waals surface area contributed by atoms with E-state index in [-0.39, 0.29) is 0 Å². The van der Waals surface area contributed by atoms with Gasteiger partial charge in [0.1, 0.15) is 0 Å². The van der Waals surface area contributed by atoms with Gasteiger partial charge in [-0.25, -0.2) is 0 Å². The molecule has 0 aliphatic heterocycles. The fourth-order valence-corrected chi connectivity index (χ4v) is 0.763. The van der Waals surface area contributed by atoms with Crippen molar-refractivity contribution in [3.8, 4) is 0 Å². The van der Waals surface area contributed by atoms with E-state index in [1.807, 2.05) is 0 Å².